The fourth-order valence-electron chi connectivity index (χ4n) is 1.55. The van der Waals surface area contributed by atoms with Gasteiger partial charge in [0.2, 0.25) is 0 Å². The van der Waals surface area contributed by atoms with Gasteiger partial charge < -0.3 is 5.32 Å². The minimum absolute atomic E-state index is 0.413. The lowest BCUT2D eigenvalue weighted by Crippen LogP contribution is -2.32. The van der Waals surface area contributed by atoms with Gasteiger partial charge in [-0.2, -0.15) is 17.0 Å². The molecule has 3 heteroatoms. The molecule has 0 saturated carbocycles. The first-order chi connectivity index (χ1) is 6.36. The molecule has 1 rings (SSSR count). The zero-order chi connectivity index (χ0) is 9.52. The standard InChI is InChI=1S/C10H18N2S/c1-2-10(3-5-11)12-7-9-4-6-13-8-9/h9-10,12H,2-4,6-8H2,1H3. The minimum Gasteiger partial charge on any atom is -0.313 e. The topological polar surface area (TPSA) is 35.8 Å². The van der Waals surface area contributed by atoms with Crippen molar-refractivity contribution in [2.75, 3.05) is 18.1 Å². The van der Waals surface area contributed by atoms with E-state index in [9.17, 15) is 0 Å². The lowest BCUT2D eigenvalue weighted by molar-refractivity contribution is 0.444. The van der Waals surface area contributed by atoms with Crippen LogP contribution in [0.3, 0.4) is 0 Å². The maximum absolute atomic E-state index is 8.57. The van der Waals surface area contributed by atoms with Crippen LogP contribution in [0.4, 0.5) is 0 Å². The van der Waals surface area contributed by atoms with Gasteiger partial charge in [0.1, 0.15) is 0 Å². The van der Waals surface area contributed by atoms with E-state index in [0.29, 0.717) is 12.5 Å². The summed E-state index contributed by atoms with van der Waals surface area (Å²) in [5, 5.41) is 12.0. The number of rotatable bonds is 5. The monoisotopic (exact) mass is 198 g/mol. The first kappa shape index (κ1) is 10.9. The highest BCUT2D eigenvalue weighted by atomic mass is 32.2. The summed E-state index contributed by atoms with van der Waals surface area (Å²) in [7, 11) is 0. The van der Waals surface area contributed by atoms with Gasteiger partial charge in [-0.15, -0.1) is 0 Å². The lowest BCUT2D eigenvalue weighted by Gasteiger charge is -2.16. The van der Waals surface area contributed by atoms with Crippen LogP contribution in [0.15, 0.2) is 0 Å². The number of nitrogens with zero attached hydrogens (tertiary/aromatic N) is 1. The van der Waals surface area contributed by atoms with E-state index in [0.717, 1.165) is 18.9 Å². The van der Waals surface area contributed by atoms with Gasteiger partial charge in [0.15, 0.2) is 0 Å². The van der Waals surface area contributed by atoms with E-state index >= 15 is 0 Å². The zero-order valence-corrected chi connectivity index (χ0v) is 9.07. The molecule has 0 spiro atoms. The van der Waals surface area contributed by atoms with Crippen LogP contribution in [0.25, 0.3) is 0 Å². The Bertz CT molecular complexity index is 170. The largest absolute Gasteiger partial charge is 0.313 e. The third-order valence-corrected chi connectivity index (χ3v) is 3.78. The van der Waals surface area contributed by atoms with Crippen molar-refractivity contribution in [3.05, 3.63) is 0 Å². The molecule has 1 aliphatic rings. The second-order valence-electron chi connectivity index (χ2n) is 3.61. The zero-order valence-electron chi connectivity index (χ0n) is 8.25. The van der Waals surface area contributed by atoms with E-state index in [1.165, 1.54) is 17.9 Å². The Balaban J connectivity index is 2.11. The van der Waals surface area contributed by atoms with Gasteiger partial charge in [0.25, 0.3) is 0 Å². The molecule has 1 aliphatic heterocycles. The van der Waals surface area contributed by atoms with Crippen molar-refractivity contribution in [2.24, 2.45) is 5.92 Å². The van der Waals surface area contributed by atoms with Gasteiger partial charge in [-0.1, -0.05) is 6.92 Å². The molecule has 0 amide bonds. The normalized spacial score (nSPS) is 24.2. The molecule has 0 aromatic carbocycles. The second kappa shape index (κ2) is 6.28. The Hall–Kier alpha value is -0.200. The smallest absolute Gasteiger partial charge is 0.0638 e. The van der Waals surface area contributed by atoms with Crippen LogP contribution in [0.1, 0.15) is 26.2 Å². The molecule has 0 aromatic heterocycles. The molecule has 13 heavy (non-hydrogen) atoms. The van der Waals surface area contributed by atoms with E-state index in [-0.39, 0.29) is 0 Å². The molecule has 0 radical (unpaired) electrons. The average Bonchev–Trinajstić information content (AvgIpc) is 2.64. The predicted octanol–water partition coefficient (Wildman–Crippen LogP) is 2.02. The number of nitrogens with one attached hydrogen (secondary N) is 1. The summed E-state index contributed by atoms with van der Waals surface area (Å²) in [4.78, 5) is 0. The third-order valence-electron chi connectivity index (χ3n) is 2.55. The van der Waals surface area contributed by atoms with E-state index in [4.69, 9.17) is 5.26 Å². The van der Waals surface area contributed by atoms with Crippen molar-refractivity contribution in [1.29, 1.82) is 5.26 Å². The van der Waals surface area contributed by atoms with Gasteiger partial charge in [0.05, 0.1) is 12.5 Å². The molecular weight excluding hydrogens is 180 g/mol. The van der Waals surface area contributed by atoms with Crippen LogP contribution in [-0.2, 0) is 0 Å². The highest BCUT2D eigenvalue weighted by Crippen LogP contribution is 2.22. The van der Waals surface area contributed by atoms with Crippen molar-refractivity contribution in [3.8, 4) is 6.07 Å². The summed E-state index contributed by atoms with van der Waals surface area (Å²) in [6.45, 7) is 3.24. The fourth-order valence-corrected chi connectivity index (χ4v) is 2.83. The maximum atomic E-state index is 8.57. The average molecular weight is 198 g/mol. The number of nitriles is 1. The van der Waals surface area contributed by atoms with E-state index in [1.54, 1.807) is 0 Å². The first-order valence-corrected chi connectivity index (χ1v) is 6.20. The van der Waals surface area contributed by atoms with Crippen LogP contribution in [-0.4, -0.2) is 24.1 Å². The summed E-state index contributed by atoms with van der Waals surface area (Å²) in [5.41, 5.74) is 0. The molecule has 1 N–H and O–H groups in total. The molecule has 1 saturated heterocycles. The predicted molar refractivity (Wildman–Crippen MR) is 57.7 cm³/mol. The van der Waals surface area contributed by atoms with Crippen molar-refractivity contribution >= 4 is 11.8 Å². The molecule has 74 valence electrons. The van der Waals surface area contributed by atoms with Gasteiger partial charge >= 0.3 is 0 Å². The lowest BCUT2D eigenvalue weighted by atomic mass is 10.1. The summed E-state index contributed by atoms with van der Waals surface area (Å²) < 4.78 is 0. The van der Waals surface area contributed by atoms with Crippen LogP contribution in [0, 0.1) is 17.2 Å². The minimum atomic E-state index is 0.413. The Morgan fingerprint density at radius 1 is 1.69 bits per heavy atom. The second-order valence-corrected chi connectivity index (χ2v) is 4.76. The van der Waals surface area contributed by atoms with Gasteiger partial charge in [-0.05, 0) is 36.8 Å². The van der Waals surface area contributed by atoms with E-state index in [1.807, 2.05) is 11.8 Å². The molecule has 0 aliphatic carbocycles. The molecule has 2 nitrogen and oxygen atoms in total. The molecule has 2 unspecified atom stereocenters. The first-order valence-electron chi connectivity index (χ1n) is 5.05. The third kappa shape index (κ3) is 4.02. The Labute approximate surface area is 85.1 Å². The number of hydrogen-bond donors (Lipinski definition) is 1. The molecule has 1 heterocycles. The van der Waals surface area contributed by atoms with E-state index < -0.39 is 0 Å². The quantitative estimate of drug-likeness (QED) is 0.734. The van der Waals surface area contributed by atoms with Crippen LogP contribution >= 0.6 is 11.8 Å². The van der Waals surface area contributed by atoms with Gasteiger partial charge in [-0.25, -0.2) is 0 Å². The molecule has 1 fully saturated rings. The van der Waals surface area contributed by atoms with Crippen LogP contribution in [0.5, 0.6) is 0 Å². The van der Waals surface area contributed by atoms with Crippen molar-refractivity contribution in [1.82, 2.24) is 5.32 Å². The van der Waals surface area contributed by atoms with E-state index in [2.05, 4.69) is 18.3 Å². The SMILES string of the molecule is CCC(CC#N)NCC1CCSC1. The van der Waals surface area contributed by atoms with Crippen molar-refractivity contribution in [2.45, 2.75) is 32.2 Å². The maximum Gasteiger partial charge on any atom is 0.0638 e. The van der Waals surface area contributed by atoms with Gasteiger partial charge in [-0.3, -0.25) is 0 Å². The molecular formula is C10H18N2S. The van der Waals surface area contributed by atoms with Crippen LogP contribution in [0.2, 0.25) is 0 Å². The Morgan fingerprint density at radius 2 is 2.54 bits per heavy atom. The summed E-state index contributed by atoms with van der Waals surface area (Å²) in [6.07, 6.45) is 3.06. The molecule has 2 atom stereocenters. The highest BCUT2D eigenvalue weighted by molar-refractivity contribution is 7.99. The fraction of sp³-hybridized carbons (Fsp3) is 0.900. The highest BCUT2D eigenvalue weighted by Gasteiger charge is 2.16. The Kier molecular flexibility index (Phi) is 5.26. The summed E-state index contributed by atoms with van der Waals surface area (Å²) >= 11 is 2.05. The van der Waals surface area contributed by atoms with Crippen molar-refractivity contribution in [3.63, 3.8) is 0 Å². The summed E-state index contributed by atoms with van der Waals surface area (Å²) in [5.74, 6) is 3.47. The number of thioether (sulfide) groups is 1. The molecule has 0 aromatic rings. The van der Waals surface area contributed by atoms with Crippen molar-refractivity contribution < 1.29 is 0 Å². The summed E-state index contributed by atoms with van der Waals surface area (Å²) in [6, 6.07) is 2.64. The molecule has 0 bridgehead atoms. The number of hydrogen-bond acceptors (Lipinski definition) is 3. The Morgan fingerprint density at radius 3 is 3.08 bits per heavy atom. The van der Waals surface area contributed by atoms with Gasteiger partial charge in [0, 0.05) is 6.04 Å². The van der Waals surface area contributed by atoms with Crippen LogP contribution < -0.4 is 5.32 Å².